The molecule has 0 aliphatic carbocycles. The molecule has 1 amide bonds. The molecule has 0 saturated carbocycles. The fraction of sp³-hybridized carbons (Fsp3) is 0.300. The number of ether oxygens (including phenoxy) is 4. The van der Waals surface area contributed by atoms with Crippen LogP contribution in [-0.2, 0) is 16.1 Å². The van der Waals surface area contributed by atoms with Crippen molar-refractivity contribution >= 4 is 12.1 Å². The van der Waals surface area contributed by atoms with Crippen LogP contribution < -0.4 is 19.5 Å². The van der Waals surface area contributed by atoms with Crippen molar-refractivity contribution in [1.29, 1.82) is 0 Å². The molecule has 0 spiro atoms. The number of carbonyl (C=O) groups excluding carboxylic acids is 1. The highest BCUT2D eigenvalue weighted by Gasteiger charge is 2.27. The molecule has 1 atom stereocenters. The van der Waals surface area contributed by atoms with Crippen molar-refractivity contribution in [3.63, 3.8) is 0 Å². The SMILES string of the molecule is COc1cc(OC)c([C@H](CC(=O)O)NC(=O)OCc2ccccc2)c(OC)c1. The number of carbonyl (C=O) groups is 2. The molecule has 0 aliphatic heterocycles. The van der Waals surface area contributed by atoms with Crippen LogP contribution in [0, 0.1) is 0 Å². The maximum atomic E-state index is 12.3. The molecular formula is C20H23NO7. The van der Waals surface area contributed by atoms with Gasteiger partial charge in [-0.3, -0.25) is 4.79 Å². The third-order valence-electron chi connectivity index (χ3n) is 3.99. The molecule has 2 rings (SSSR count). The summed E-state index contributed by atoms with van der Waals surface area (Å²) in [5.41, 5.74) is 1.19. The van der Waals surface area contributed by atoms with E-state index in [1.165, 1.54) is 21.3 Å². The molecule has 0 unspecified atom stereocenters. The zero-order valence-corrected chi connectivity index (χ0v) is 15.9. The Bertz CT molecular complexity index is 782. The normalized spacial score (nSPS) is 11.2. The summed E-state index contributed by atoms with van der Waals surface area (Å²) in [4.78, 5) is 23.6. The molecule has 0 saturated heterocycles. The fourth-order valence-corrected chi connectivity index (χ4v) is 2.68. The molecule has 0 radical (unpaired) electrons. The van der Waals surface area contributed by atoms with Gasteiger partial charge in [0.2, 0.25) is 0 Å². The van der Waals surface area contributed by atoms with Crippen LogP contribution in [0.3, 0.4) is 0 Å². The Morgan fingerprint density at radius 2 is 1.61 bits per heavy atom. The molecule has 8 heteroatoms. The first kappa shape index (κ1) is 20.9. The number of benzene rings is 2. The molecule has 150 valence electrons. The molecule has 8 nitrogen and oxygen atoms in total. The first-order valence-corrected chi connectivity index (χ1v) is 8.47. The molecule has 0 fully saturated rings. The van der Waals surface area contributed by atoms with Crippen LogP contribution in [0.5, 0.6) is 17.2 Å². The van der Waals surface area contributed by atoms with Gasteiger partial charge in [-0.05, 0) is 5.56 Å². The van der Waals surface area contributed by atoms with Gasteiger partial charge in [-0.25, -0.2) is 4.79 Å². The van der Waals surface area contributed by atoms with Crippen molar-refractivity contribution in [2.75, 3.05) is 21.3 Å². The lowest BCUT2D eigenvalue weighted by atomic mass is 10.0. The van der Waals surface area contributed by atoms with E-state index < -0.39 is 18.1 Å². The van der Waals surface area contributed by atoms with Gasteiger partial charge in [0, 0.05) is 12.1 Å². The average molecular weight is 389 g/mol. The van der Waals surface area contributed by atoms with Crippen molar-refractivity contribution in [3.05, 3.63) is 53.6 Å². The predicted octanol–water partition coefficient (Wildman–Crippen LogP) is 3.15. The van der Waals surface area contributed by atoms with E-state index in [2.05, 4.69) is 5.32 Å². The van der Waals surface area contributed by atoms with Crippen LogP contribution in [0.15, 0.2) is 42.5 Å². The summed E-state index contributed by atoms with van der Waals surface area (Å²) >= 11 is 0. The number of methoxy groups -OCH3 is 3. The molecule has 2 aromatic carbocycles. The number of rotatable bonds is 9. The average Bonchev–Trinajstić information content (AvgIpc) is 2.71. The minimum atomic E-state index is -1.10. The molecule has 0 bridgehead atoms. The molecule has 0 heterocycles. The summed E-state index contributed by atoms with van der Waals surface area (Å²) in [5.74, 6) is 0.0167. The quantitative estimate of drug-likeness (QED) is 0.679. The van der Waals surface area contributed by atoms with Crippen molar-refractivity contribution < 1.29 is 33.6 Å². The minimum Gasteiger partial charge on any atom is -0.496 e. The maximum Gasteiger partial charge on any atom is 0.407 e. The standard InChI is InChI=1S/C20H23NO7/c1-25-14-9-16(26-2)19(17(10-14)27-3)15(11-18(22)23)21-20(24)28-12-13-7-5-4-6-8-13/h4-10,15H,11-12H2,1-3H3,(H,21,24)(H,22,23)/t15-/m0/s1. The molecular weight excluding hydrogens is 366 g/mol. The number of carboxylic acids is 1. The molecule has 0 aliphatic rings. The summed E-state index contributed by atoms with van der Waals surface area (Å²) in [5, 5.41) is 11.9. The number of amides is 1. The van der Waals surface area contributed by atoms with Crippen LogP contribution in [0.4, 0.5) is 4.79 Å². The number of nitrogens with one attached hydrogen (secondary N) is 1. The third-order valence-corrected chi connectivity index (χ3v) is 3.99. The molecule has 2 aromatic rings. The van der Waals surface area contributed by atoms with Crippen LogP contribution in [-0.4, -0.2) is 38.5 Å². The summed E-state index contributed by atoms with van der Waals surface area (Å²) < 4.78 is 21.1. The van der Waals surface area contributed by atoms with Gasteiger partial charge in [0.25, 0.3) is 0 Å². The smallest absolute Gasteiger partial charge is 0.407 e. The second-order valence-electron chi connectivity index (χ2n) is 5.80. The third kappa shape index (κ3) is 5.54. The highest BCUT2D eigenvalue weighted by Crippen LogP contribution is 2.39. The minimum absolute atomic E-state index is 0.0589. The molecule has 2 N–H and O–H groups in total. The van der Waals surface area contributed by atoms with E-state index >= 15 is 0 Å². The first-order chi connectivity index (χ1) is 13.5. The summed E-state index contributed by atoms with van der Waals surface area (Å²) in [6.07, 6.45) is -1.14. The van der Waals surface area contributed by atoms with Crippen LogP contribution in [0.2, 0.25) is 0 Å². The monoisotopic (exact) mass is 389 g/mol. The van der Waals surface area contributed by atoms with E-state index in [4.69, 9.17) is 18.9 Å². The number of hydrogen-bond acceptors (Lipinski definition) is 6. The number of hydrogen-bond donors (Lipinski definition) is 2. The Hall–Kier alpha value is -3.42. The maximum absolute atomic E-state index is 12.3. The number of carboxylic acid groups (broad SMARTS) is 1. The van der Waals surface area contributed by atoms with Gasteiger partial charge in [0.15, 0.2) is 0 Å². The van der Waals surface area contributed by atoms with Gasteiger partial charge >= 0.3 is 12.1 Å². The van der Waals surface area contributed by atoms with Crippen LogP contribution in [0.25, 0.3) is 0 Å². The highest BCUT2D eigenvalue weighted by atomic mass is 16.5. The van der Waals surface area contributed by atoms with Gasteiger partial charge in [-0.2, -0.15) is 0 Å². The zero-order chi connectivity index (χ0) is 20.5. The first-order valence-electron chi connectivity index (χ1n) is 8.47. The van der Waals surface area contributed by atoms with E-state index in [0.717, 1.165) is 5.56 Å². The van der Waals surface area contributed by atoms with Crippen molar-refractivity contribution in [1.82, 2.24) is 5.32 Å². The lowest BCUT2D eigenvalue weighted by Crippen LogP contribution is -2.31. The molecule has 28 heavy (non-hydrogen) atoms. The van der Waals surface area contributed by atoms with E-state index in [-0.39, 0.29) is 13.0 Å². The number of alkyl carbamates (subject to hydrolysis) is 1. The van der Waals surface area contributed by atoms with Crippen molar-refractivity contribution in [2.45, 2.75) is 19.1 Å². The van der Waals surface area contributed by atoms with Crippen LogP contribution >= 0.6 is 0 Å². The summed E-state index contributed by atoms with van der Waals surface area (Å²) in [6.45, 7) is 0.0589. The van der Waals surface area contributed by atoms with Gasteiger partial charge in [-0.1, -0.05) is 30.3 Å². The molecule has 0 aromatic heterocycles. The summed E-state index contributed by atoms with van der Waals surface area (Å²) in [7, 11) is 4.36. The van der Waals surface area contributed by atoms with Crippen molar-refractivity contribution in [3.8, 4) is 17.2 Å². The highest BCUT2D eigenvalue weighted by molar-refractivity contribution is 5.73. The Balaban J connectivity index is 2.25. The van der Waals surface area contributed by atoms with E-state index in [0.29, 0.717) is 22.8 Å². The Labute approximate surface area is 163 Å². The largest absolute Gasteiger partial charge is 0.496 e. The van der Waals surface area contributed by atoms with E-state index in [9.17, 15) is 14.7 Å². The number of aliphatic carboxylic acids is 1. The second-order valence-corrected chi connectivity index (χ2v) is 5.80. The van der Waals surface area contributed by atoms with E-state index in [1.54, 1.807) is 12.1 Å². The topological polar surface area (TPSA) is 103 Å². The Kier molecular flexibility index (Phi) is 7.50. The van der Waals surface area contributed by atoms with E-state index in [1.807, 2.05) is 30.3 Å². The van der Waals surface area contributed by atoms with Gasteiger partial charge < -0.3 is 29.4 Å². The lowest BCUT2D eigenvalue weighted by Gasteiger charge is -2.22. The van der Waals surface area contributed by atoms with Gasteiger partial charge in [-0.15, -0.1) is 0 Å². The van der Waals surface area contributed by atoms with Crippen molar-refractivity contribution in [2.24, 2.45) is 0 Å². The predicted molar refractivity (Wildman–Crippen MR) is 101 cm³/mol. The summed E-state index contributed by atoms with van der Waals surface area (Å²) in [6, 6.07) is 11.4. The van der Waals surface area contributed by atoms with Gasteiger partial charge in [0.05, 0.1) is 39.4 Å². The van der Waals surface area contributed by atoms with Crippen LogP contribution in [0.1, 0.15) is 23.6 Å². The second kappa shape index (κ2) is 10.1. The lowest BCUT2D eigenvalue weighted by molar-refractivity contribution is -0.137. The van der Waals surface area contributed by atoms with Gasteiger partial charge in [0.1, 0.15) is 23.9 Å². The zero-order valence-electron chi connectivity index (χ0n) is 15.9. The fourth-order valence-electron chi connectivity index (χ4n) is 2.68. The Morgan fingerprint density at radius 1 is 1.00 bits per heavy atom. The Morgan fingerprint density at radius 3 is 2.11 bits per heavy atom.